The van der Waals surface area contributed by atoms with E-state index in [-0.39, 0.29) is 26.7 Å². The van der Waals surface area contributed by atoms with Crippen LogP contribution in [0.4, 0.5) is 5.69 Å². The number of carbonyl (C=O) groups excluding carboxylic acids is 1. The van der Waals surface area contributed by atoms with E-state index in [1.54, 1.807) is 18.2 Å². The first kappa shape index (κ1) is 24.6. The second-order valence-electron chi connectivity index (χ2n) is 8.48. The van der Waals surface area contributed by atoms with E-state index in [1.165, 1.54) is 54.3 Å². The summed E-state index contributed by atoms with van der Waals surface area (Å²) in [6.07, 6.45) is 4.51. The van der Waals surface area contributed by atoms with Crippen LogP contribution in [-0.4, -0.2) is 20.9 Å². The van der Waals surface area contributed by atoms with Gasteiger partial charge in [-0.25, -0.2) is 8.42 Å². The van der Waals surface area contributed by atoms with Gasteiger partial charge in [0.05, 0.1) is 16.6 Å². The fourth-order valence-electron chi connectivity index (χ4n) is 4.24. The van der Waals surface area contributed by atoms with Gasteiger partial charge in [-0.2, -0.15) is 0 Å². The van der Waals surface area contributed by atoms with Gasteiger partial charge < -0.3 is 5.32 Å². The number of halogens is 2. The number of sulfonamides is 1. The molecule has 1 aliphatic rings. The quantitative estimate of drug-likeness (QED) is 0.422. The van der Waals surface area contributed by atoms with Crippen LogP contribution in [0.3, 0.4) is 0 Å². The Kier molecular flexibility index (Phi) is 7.51. The van der Waals surface area contributed by atoms with Gasteiger partial charge in [0.25, 0.3) is 10.0 Å². The zero-order chi connectivity index (χ0) is 24.3. The van der Waals surface area contributed by atoms with Gasteiger partial charge in [-0.1, -0.05) is 59.6 Å². The number of anilines is 1. The van der Waals surface area contributed by atoms with E-state index in [0.717, 1.165) is 22.7 Å². The lowest BCUT2D eigenvalue weighted by molar-refractivity contribution is -0.120. The van der Waals surface area contributed by atoms with E-state index < -0.39 is 22.5 Å². The summed E-state index contributed by atoms with van der Waals surface area (Å²) in [5.41, 5.74) is 3.91. The average molecular weight is 517 g/mol. The van der Waals surface area contributed by atoms with Gasteiger partial charge in [0.2, 0.25) is 5.91 Å². The summed E-state index contributed by atoms with van der Waals surface area (Å²) in [6.45, 7) is 1.48. The molecule has 1 amide bonds. The van der Waals surface area contributed by atoms with Gasteiger partial charge >= 0.3 is 0 Å². The number of rotatable bonds is 7. The number of benzene rings is 3. The minimum Gasteiger partial charge on any atom is -0.348 e. The SMILES string of the molecule is C[C@@H](NC(=O)CN(c1cc(Cl)cc(Cl)c1)S(=O)(=O)c1ccccc1)c1ccc2c(c1)CCCC2. The number of carbonyl (C=O) groups is 1. The van der Waals surface area contributed by atoms with Crippen molar-refractivity contribution in [2.45, 2.75) is 43.5 Å². The molecule has 178 valence electrons. The van der Waals surface area contributed by atoms with Crippen LogP contribution < -0.4 is 9.62 Å². The maximum Gasteiger partial charge on any atom is 0.264 e. The summed E-state index contributed by atoms with van der Waals surface area (Å²) in [4.78, 5) is 13.1. The highest BCUT2D eigenvalue weighted by molar-refractivity contribution is 7.92. The molecule has 8 heteroatoms. The van der Waals surface area contributed by atoms with Crippen molar-refractivity contribution in [3.05, 3.63) is 93.5 Å². The highest BCUT2D eigenvalue weighted by Crippen LogP contribution is 2.30. The second-order valence-corrected chi connectivity index (χ2v) is 11.2. The molecule has 0 saturated carbocycles. The van der Waals surface area contributed by atoms with Crippen molar-refractivity contribution in [1.29, 1.82) is 0 Å². The number of hydrogen-bond acceptors (Lipinski definition) is 3. The molecule has 3 aromatic carbocycles. The zero-order valence-corrected chi connectivity index (χ0v) is 21.1. The summed E-state index contributed by atoms with van der Waals surface area (Å²) in [5.74, 6) is -0.430. The highest BCUT2D eigenvalue weighted by atomic mass is 35.5. The standard InChI is InChI=1S/C26H26Cl2N2O3S/c1-18(20-12-11-19-7-5-6-8-21(19)13-20)29-26(31)17-30(24-15-22(27)14-23(28)16-24)34(32,33)25-9-3-2-4-10-25/h2-4,9-16,18H,5-8,17H2,1H3,(H,29,31)/t18-/m1/s1. The van der Waals surface area contributed by atoms with Crippen LogP contribution in [0.1, 0.15) is 42.5 Å². The van der Waals surface area contributed by atoms with Crippen molar-refractivity contribution in [3.8, 4) is 0 Å². The van der Waals surface area contributed by atoms with Gasteiger partial charge in [0.1, 0.15) is 6.54 Å². The number of amides is 1. The molecule has 0 saturated heterocycles. The Morgan fingerprint density at radius 1 is 0.941 bits per heavy atom. The summed E-state index contributed by atoms with van der Waals surface area (Å²) < 4.78 is 28.0. The Balaban J connectivity index is 1.59. The molecule has 1 aliphatic carbocycles. The van der Waals surface area contributed by atoms with E-state index in [1.807, 2.05) is 13.0 Å². The zero-order valence-electron chi connectivity index (χ0n) is 18.8. The molecular formula is C26H26Cl2N2O3S. The largest absolute Gasteiger partial charge is 0.348 e. The molecule has 0 aliphatic heterocycles. The second kappa shape index (κ2) is 10.4. The Hall–Kier alpha value is -2.54. The predicted molar refractivity (Wildman–Crippen MR) is 137 cm³/mol. The lowest BCUT2D eigenvalue weighted by Gasteiger charge is -2.26. The van der Waals surface area contributed by atoms with Gasteiger partial charge in [-0.15, -0.1) is 0 Å². The summed E-state index contributed by atoms with van der Waals surface area (Å²) in [7, 11) is -4.04. The third-order valence-electron chi connectivity index (χ3n) is 6.00. The summed E-state index contributed by atoms with van der Waals surface area (Å²) in [5, 5.41) is 3.50. The van der Waals surface area contributed by atoms with Crippen molar-refractivity contribution < 1.29 is 13.2 Å². The number of fused-ring (bicyclic) bond motifs is 1. The fourth-order valence-corrected chi connectivity index (χ4v) is 6.18. The molecule has 1 atom stereocenters. The molecule has 0 radical (unpaired) electrons. The van der Waals surface area contributed by atoms with Crippen molar-refractivity contribution in [3.63, 3.8) is 0 Å². The van der Waals surface area contributed by atoms with Crippen LogP contribution >= 0.6 is 23.2 Å². The summed E-state index contributed by atoms with van der Waals surface area (Å²) in [6, 6.07) is 18.5. The molecular weight excluding hydrogens is 491 g/mol. The lowest BCUT2D eigenvalue weighted by Crippen LogP contribution is -2.41. The van der Waals surface area contributed by atoms with Gasteiger partial charge in [-0.05, 0) is 79.6 Å². The molecule has 0 heterocycles. The van der Waals surface area contributed by atoms with Crippen LogP contribution in [-0.2, 0) is 27.7 Å². The van der Waals surface area contributed by atoms with E-state index in [9.17, 15) is 13.2 Å². The highest BCUT2D eigenvalue weighted by Gasteiger charge is 2.28. The lowest BCUT2D eigenvalue weighted by atomic mass is 9.89. The van der Waals surface area contributed by atoms with E-state index >= 15 is 0 Å². The molecule has 0 aromatic heterocycles. The van der Waals surface area contributed by atoms with Gasteiger partial charge in [0, 0.05) is 10.0 Å². The molecule has 0 spiro atoms. The number of aryl methyl sites for hydroxylation is 2. The first-order valence-electron chi connectivity index (χ1n) is 11.2. The first-order chi connectivity index (χ1) is 16.2. The Bertz CT molecular complexity index is 1280. The van der Waals surface area contributed by atoms with Gasteiger partial charge in [0.15, 0.2) is 0 Å². The predicted octanol–water partition coefficient (Wildman–Crippen LogP) is 5.94. The average Bonchev–Trinajstić information content (AvgIpc) is 2.82. The molecule has 1 N–H and O–H groups in total. The van der Waals surface area contributed by atoms with E-state index in [0.29, 0.717) is 0 Å². The van der Waals surface area contributed by atoms with Crippen molar-refractivity contribution in [1.82, 2.24) is 5.32 Å². The normalized spacial score (nSPS) is 14.2. The number of nitrogens with one attached hydrogen (secondary N) is 1. The monoisotopic (exact) mass is 516 g/mol. The molecule has 5 nitrogen and oxygen atoms in total. The molecule has 3 aromatic rings. The number of nitrogens with zero attached hydrogens (tertiary/aromatic N) is 1. The summed E-state index contributed by atoms with van der Waals surface area (Å²) >= 11 is 12.3. The van der Waals surface area contributed by atoms with Crippen molar-refractivity contribution in [2.75, 3.05) is 10.8 Å². The van der Waals surface area contributed by atoms with Crippen LogP contribution in [0.25, 0.3) is 0 Å². The van der Waals surface area contributed by atoms with E-state index in [4.69, 9.17) is 23.2 Å². The van der Waals surface area contributed by atoms with E-state index in [2.05, 4.69) is 17.4 Å². The molecule has 34 heavy (non-hydrogen) atoms. The third-order valence-corrected chi connectivity index (χ3v) is 8.23. The molecule has 4 rings (SSSR count). The first-order valence-corrected chi connectivity index (χ1v) is 13.4. The molecule has 0 fully saturated rings. The Morgan fingerprint density at radius 3 is 2.26 bits per heavy atom. The Labute approximate surface area is 210 Å². The minimum absolute atomic E-state index is 0.0710. The minimum atomic E-state index is -4.04. The smallest absolute Gasteiger partial charge is 0.264 e. The molecule has 0 unspecified atom stereocenters. The van der Waals surface area contributed by atoms with Crippen LogP contribution in [0, 0.1) is 0 Å². The van der Waals surface area contributed by atoms with Gasteiger partial charge in [-0.3, -0.25) is 9.10 Å². The van der Waals surface area contributed by atoms with Crippen LogP contribution in [0.15, 0.2) is 71.6 Å². The number of hydrogen-bond donors (Lipinski definition) is 1. The Morgan fingerprint density at radius 2 is 1.59 bits per heavy atom. The fraction of sp³-hybridized carbons (Fsp3) is 0.269. The van der Waals surface area contributed by atoms with Crippen LogP contribution in [0.2, 0.25) is 10.0 Å². The van der Waals surface area contributed by atoms with Crippen molar-refractivity contribution >= 4 is 44.8 Å². The molecule has 0 bridgehead atoms. The van der Waals surface area contributed by atoms with Crippen molar-refractivity contribution in [2.24, 2.45) is 0 Å². The maximum absolute atomic E-state index is 13.5. The van der Waals surface area contributed by atoms with Crippen LogP contribution in [0.5, 0.6) is 0 Å². The third kappa shape index (κ3) is 5.57. The topological polar surface area (TPSA) is 66.5 Å². The maximum atomic E-state index is 13.5.